The minimum atomic E-state index is -3.71. The molecule has 1 aromatic heterocycles. The summed E-state index contributed by atoms with van der Waals surface area (Å²) in [5.74, 6) is 0. The normalized spacial score (nSPS) is 10.7. The van der Waals surface area contributed by atoms with Crippen LogP contribution in [-0.4, -0.2) is 8.42 Å². The highest BCUT2D eigenvalue weighted by molar-refractivity contribution is 7.80. The van der Waals surface area contributed by atoms with Gasteiger partial charge in [-0.3, -0.25) is 0 Å². The molecular formula is C7H8NO3S+. The fourth-order valence-electron chi connectivity index (χ4n) is 0.668. The topological polar surface area (TPSA) is 47.3 Å². The van der Waals surface area contributed by atoms with E-state index in [1.165, 1.54) is 12.4 Å². The molecule has 1 aromatic rings. The van der Waals surface area contributed by atoms with Crippen molar-refractivity contribution in [3.05, 3.63) is 43.4 Å². The third-order valence-electron chi connectivity index (χ3n) is 1.14. The molecule has 64 valence electrons. The standard InChI is InChI=1S/C7H8NO3S/c1-2-11-12(9,10)8-6-4-3-5-7-8/h2-7H,1H2/q+1. The maximum atomic E-state index is 11.1. The lowest BCUT2D eigenvalue weighted by atomic mass is 10.5. The second-order valence-corrected chi connectivity index (χ2v) is 3.40. The molecule has 0 aliphatic rings. The van der Waals surface area contributed by atoms with Crippen LogP contribution in [0.25, 0.3) is 0 Å². The Morgan fingerprint density at radius 2 is 1.83 bits per heavy atom. The number of hydrogen-bond donors (Lipinski definition) is 0. The third kappa shape index (κ3) is 1.82. The maximum absolute atomic E-state index is 11.1. The number of nitrogens with zero attached hydrogens (tertiary/aromatic N) is 1. The first-order valence-electron chi connectivity index (χ1n) is 3.18. The summed E-state index contributed by atoms with van der Waals surface area (Å²) in [7, 11) is -3.71. The van der Waals surface area contributed by atoms with Gasteiger partial charge in [-0.15, -0.1) is 8.42 Å². The Morgan fingerprint density at radius 1 is 1.25 bits per heavy atom. The van der Waals surface area contributed by atoms with Crippen molar-refractivity contribution in [3.8, 4) is 0 Å². The molecule has 0 atom stereocenters. The first-order chi connectivity index (χ1) is 5.67. The van der Waals surface area contributed by atoms with Gasteiger partial charge in [0.15, 0.2) is 12.4 Å². The molecule has 12 heavy (non-hydrogen) atoms. The maximum Gasteiger partial charge on any atom is 0.564 e. The van der Waals surface area contributed by atoms with Gasteiger partial charge in [0.2, 0.25) is 0 Å². The Labute approximate surface area is 71.0 Å². The molecule has 5 heteroatoms. The second kappa shape index (κ2) is 3.36. The van der Waals surface area contributed by atoms with E-state index in [1.54, 1.807) is 18.2 Å². The molecular weight excluding hydrogens is 178 g/mol. The lowest BCUT2D eigenvalue weighted by molar-refractivity contribution is -0.519. The van der Waals surface area contributed by atoms with Crippen molar-refractivity contribution in [3.63, 3.8) is 0 Å². The SMILES string of the molecule is C=COS(=O)(=O)[n+]1ccccc1. The van der Waals surface area contributed by atoms with Crippen LogP contribution < -0.4 is 3.97 Å². The Morgan fingerprint density at radius 3 is 2.33 bits per heavy atom. The molecule has 0 radical (unpaired) electrons. The van der Waals surface area contributed by atoms with Crippen LogP contribution >= 0.6 is 0 Å². The third-order valence-corrected chi connectivity index (χ3v) is 2.28. The number of pyridine rings is 1. The molecule has 1 heterocycles. The van der Waals surface area contributed by atoms with E-state index >= 15 is 0 Å². The van der Waals surface area contributed by atoms with Gasteiger partial charge in [-0.05, 0) is 0 Å². The average Bonchev–Trinajstić information content (AvgIpc) is 2.06. The Balaban J connectivity index is 3.07. The molecule has 0 spiro atoms. The molecule has 0 aliphatic carbocycles. The first-order valence-corrected chi connectivity index (χ1v) is 4.54. The zero-order valence-corrected chi connectivity index (χ0v) is 7.07. The minimum Gasteiger partial charge on any atom is -0.342 e. The molecule has 1 rings (SSSR count). The van der Waals surface area contributed by atoms with Crippen LogP contribution in [-0.2, 0) is 14.5 Å². The van der Waals surface area contributed by atoms with Gasteiger partial charge < -0.3 is 4.18 Å². The van der Waals surface area contributed by atoms with E-state index in [-0.39, 0.29) is 0 Å². The average molecular weight is 186 g/mol. The summed E-state index contributed by atoms with van der Waals surface area (Å²) < 4.78 is 27.5. The van der Waals surface area contributed by atoms with Crippen LogP contribution in [0, 0.1) is 0 Å². The molecule has 4 nitrogen and oxygen atoms in total. The largest absolute Gasteiger partial charge is 0.564 e. The summed E-state index contributed by atoms with van der Waals surface area (Å²) in [6.45, 7) is 3.16. The summed E-state index contributed by atoms with van der Waals surface area (Å²) in [4.78, 5) is 0. The highest BCUT2D eigenvalue weighted by atomic mass is 32.2. The van der Waals surface area contributed by atoms with E-state index in [0.717, 1.165) is 10.2 Å². The molecule has 0 bridgehead atoms. The van der Waals surface area contributed by atoms with Crippen LogP contribution in [0.3, 0.4) is 0 Å². The van der Waals surface area contributed by atoms with Crippen molar-refractivity contribution >= 4 is 10.3 Å². The predicted octanol–water partition coefficient (Wildman–Crippen LogP) is 0.227. The van der Waals surface area contributed by atoms with E-state index < -0.39 is 10.3 Å². The van der Waals surface area contributed by atoms with E-state index in [4.69, 9.17) is 0 Å². The lowest BCUT2D eigenvalue weighted by Crippen LogP contribution is -2.42. The quantitative estimate of drug-likeness (QED) is 0.501. The highest BCUT2D eigenvalue weighted by Crippen LogP contribution is 1.88. The van der Waals surface area contributed by atoms with Gasteiger partial charge in [0.1, 0.15) is 6.26 Å². The molecule has 0 aliphatic heterocycles. The van der Waals surface area contributed by atoms with Crippen LogP contribution in [0.2, 0.25) is 0 Å². The van der Waals surface area contributed by atoms with Crippen molar-refractivity contribution < 1.29 is 16.6 Å². The number of hydrogen-bond acceptors (Lipinski definition) is 3. The van der Waals surface area contributed by atoms with Gasteiger partial charge >= 0.3 is 10.3 Å². The molecule has 0 unspecified atom stereocenters. The Kier molecular flexibility index (Phi) is 2.44. The summed E-state index contributed by atoms with van der Waals surface area (Å²) in [5.41, 5.74) is 0. The van der Waals surface area contributed by atoms with Crippen molar-refractivity contribution in [2.75, 3.05) is 0 Å². The van der Waals surface area contributed by atoms with E-state index in [0.29, 0.717) is 0 Å². The van der Waals surface area contributed by atoms with Crippen LogP contribution in [0.4, 0.5) is 0 Å². The molecule has 0 saturated carbocycles. The fourth-order valence-corrected chi connectivity index (χ4v) is 1.38. The van der Waals surface area contributed by atoms with Gasteiger partial charge in [-0.1, -0.05) is 16.6 Å². The zero-order chi connectivity index (χ0) is 9.03. The molecule has 0 saturated heterocycles. The van der Waals surface area contributed by atoms with Crippen molar-refractivity contribution in [2.45, 2.75) is 0 Å². The molecule has 0 amide bonds. The lowest BCUT2D eigenvalue weighted by Gasteiger charge is -1.93. The summed E-state index contributed by atoms with van der Waals surface area (Å²) in [5, 5.41) is 0. The Hall–Kier alpha value is -1.36. The van der Waals surface area contributed by atoms with Crippen LogP contribution in [0.1, 0.15) is 0 Å². The van der Waals surface area contributed by atoms with Crippen molar-refractivity contribution in [1.29, 1.82) is 0 Å². The van der Waals surface area contributed by atoms with Gasteiger partial charge in [0.05, 0.1) is 0 Å². The molecule has 0 N–H and O–H groups in total. The van der Waals surface area contributed by atoms with Crippen LogP contribution in [0.15, 0.2) is 43.4 Å². The summed E-state index contributed by atoms with van der Waals surface area (Å²) in [6, 6.07) is 4.88. The van der Waals surface area contributed by atoms with Gasteiger partial charge in [-0.2, -0.15) is 0 Å². The summed E-state index contributed by atoms with van der Waals surface area (Å²) >= 11 is 0. The van der Waals surface area contributed by atoms with E-state index in [9.17, 15) is 8.42 Å². The predicted molar refractivity (Wildman–Crippen MR) is 42.2 cm³/mol. The molecule has 0 fully saturated rings. The van der Waals surface area contributed by atoms with Crippen molar-refractivity contribution in [2.24, 2.45) is 0 Å². The number of rotatable bonds is 3. The van der Waals surface area contributed by atoms with Gasteiger partial charge in [0, 0.05) is 12.1 Å². The van der Waals surface area contributed by atoms with Crippen molar-refractivity contribution in [1.82, 2.24) is 0 Å². The van der Waals surface area contributed by atoms with Gasteiger partial charge in [0.25, 0.3) is 0 Å². The molecule has 0 aromatic carbocycles. The fraction of sp³-hybridized carbons (Fsp3) is 0. The zero-order valence-electron chi connectivity index (χ0n) is 6.25. The minimum absolute atomic E-state index is 0.870. The monoisotopic (exact) mass is 186 g/mol. The first kappa shape index (κ1) is 8.73. The van der Waals surface area contributed by atoms with E-state index in [2.05, 4.69) is 10.8 Å². The summed E-state index contributed by atoms with van der Waals surface area (Å²) in [6.07, 6.45) is 3.62. The van der Waals surface area contributed by atoms with E-state index in [1.807, 2.05) is 0 Å². The number of aromatic nitrogens is 1. The highest BCUT2D eigenvalue weighted by Gasteiger charge is 2.20. The van der Waals surface area contributed by atoms with Crippen LogP contribution in [0.5, 0.6) is 0 Å². The second-order valence-electron chi connectivity index (χ2n) is 1.93. The smallest absolute Gasteiger partial charge is 0.342 e. The van der Waals surface area contributed by atoms with Gasteiger partial charge in [-0.25, -0.2) is 0 Å². The Bertz CT molecular complexity index is 357.